The lowest BCUT2D eigenvalue weighted by molar-refractivity contribution is 0.457. The van der Waals surface area contributed by atoms with Gasteiger partial charge in [-0.05, 0) is 39.0 Å². The van der Waals surface area contributed by atoms with Crippen LogP contribution >= 0.6 is 27.5 Å². The number of nitrogens with zero attached hydrogens (tertiary/aromatic N) is 2. The summed E-state index contributed by atoms with van der Waals surface area (Å²) in [6, 6.07) is 7.93. The van der Waals surface area contributed by atoms with E-state index < -0.39 is 0 Å². The van der Waals surface area contributed by atoms with E-state index in [0.29, 0.717) is 21.3 Å². The average Bonchev–Trinajstić information content (AvgIpc) is 2.35. The summed E-state index contributed by atoms with van der Waals surface area (Å²) in [6.45, 7) is 6.51. The molecule has 0 aliphatic rings. The zero-order chi connectivity index (χ0) is 14.0. The molecule has 0 amide bonds. The fourth-order valence-electron chi connectivity index (χ4n) is 1.54. The van der Waals surface area contributed by atoms with Gasteiger partial charge in [0.25, 0.3) is 0 Å². The molecule has 0 aliphatic heterocycles. The zero-order valence-electron chi connectivity index (χ0n) is 10.9. The molecule has 0 aliphatic carbocycles. The van der Waals surface area contributed by atoms with Crippen LogP contribution in [-0.2, 0) is 5.41 Å². The van der Waals surface area contributed by atoms with Gasteiger partial charge in [0.1, 0.15) is 16.5 Å². The second kappa shape index (κ2) is 5.47. The molecule has 100 valence electrons. The molecule has 1 aromatic heterocycles. The van der Waals surface area contributed by atoms with E-state index in [1.165, 1.54) is 11.9 Å². The van der Waals surface area contributed by atoms with E-state index >= 15 is 0 Å². The van der Waals surface area contributed by atoms with Gasteiger partial charge in [-0.2, -0.15) is 0 Å². The van der Waals surface area contributed by atoms with Crippen molar-refractivity contribution < 1.29 is 4.74 Å². The number of benzene rings is 1. The molecule has 0 unspecified atom stereocenters. The largest absolute Gasteiger partial charge is 0.438 e. The van der Waals surface area contributed by atoms with E-state index in [9.17, 15) is 0 Å². The summed E-state index contributed by atoms with van der Waals surface area (Å²) >= 11 is 9.19. The van der Waals surface area contributed by atoms with Crippen molar-refractivity contribution in [1.82, 2.24) is 9.97 Å². The van der Waals surface area contributed by atoms with Crippen LogP contribution in [0.15, 0.2) is 35.1 Å². The van der Waals surface area contributed by atoms with Crippen LogP contribution in [0.1, 0.15) is 26.3 Å². The number of aromatic nitrogens is 2. The smallest absolute Gasteiger partial charge is 0.238 e. The third kappa shape index (κ3) is 3.45. The average molecular weight is 342 g/mol. The van der Waals surface area contributed by atoms with Crippen molar-refractivity contribution in [1.29, 1.82) is 0 Å². The first-order chi connectivity index (χ1) is 8.88. The predicted molar refractivity (Wildman–Crippen MR) is 80.0 cm³/mol. The Morgan fingerprint density at radius 3 is 2.32 bits per heavy atom. The van der Waals surface area contributed by atoms with E-state index in [1.54, 1.807) is 0 Å². The van der Waals surface area contributed by atoms with Crippen molar-refractivity contribution in [2.75, 3.05) is 0 Å². The Kier molecular flexibility index (Phi) is 4.11. The van der Waals surface area contributed by atoms with Crippen LogP contribution in [0.5, 0.6) is 11.6 Å². The summed E-state index contributed by atoms with van der Waals surface area (Å²) in [7, 11) is 0. The predicted octanol–water partition coefficient (Wildman–Crippen LogP) is 4.98. The van der Waals surface area contributed by atoms with Crippen molar-refractivity contribution in [3.8, 4) is 11.6 Å². The summed E-state index contributed by atoms with van der Waals surface area (Å²) in [5.74, 6) is 1.12. The van der Waals surface area contributed by atoms with E-state index in [2.05, 4.69) is 46.7 Å². The van der Waals surface area contributed by atoms with Crippen molar-refractivity contribution in [2.24, 2.45) is 0 Å². The highest BCUT2D eigenvalue weighted by Crippen LogP contribution is 2.32. The number of ether oxygens (including phenoxy) is 1. The molecule has 5 heteroatoms. The van der Waals surface area contributed by atoms with Crippen LogP contribution in [0.2, 0.25) is 5.15 Å². The molecule has 2 rings (SSSR count). The fourth-order valence-corrected chi connectivity index (χ4v) is 1.95. The Balaban J connectivity index is 2.23. The van der Waals surface area contributed by atoms with Crippen LogP contribution < -0.4 is 4.74 Å². The quantitative estimate of drug-likeness (QED) is 0.722. The van der Waals surface area contributed by atoms with Gasteiger partial charge in [-0.3, -0.25) is 0 Å². The summed E-state index contributed by atoms with van der Waals surface area (Å²) in [5.41, 5.74) is 1.37. The fraction of sp³-hybridized carbons (Fsp3) is 0.286. The molecule has 0 bridgehead atoms. The van der Waals surface area contributed by atoms with Gasteiger partial charge in [0.15, 0.2) is 5.15 Å². The molecule has 0 saturated heterocycles. The van der Waals surface area contributed by atoms with Gasteiger partial charge < -0.3 is 4.74 Å². The SMILES string of the molecule is CC(C)(C)c1ccc(Oc2ncnc(Cl)c2Br)cc1. The number of rotatable bonds is 2. The monoisotopic (exact) mass is 340 g/mol. The molecule has 19 heavy (non-hydrogen) atoms. The van der Waals surface area contributed by atoms with Gasteiger partial charge in [0.05, 0.1) is 0 Å². The van der Waals surface area contributed by atoms with Gasteiger partial charge in [-0.15, -0.1) is 0 Å². The number of halogens is 2. The van der Waals surface area contributed by atoms with Crippen molar-refractivity contribution in [2.45, 2.75) is 26.2 Å². The van der Waals surface area contributed by atoms with Crippen LogP contribution in [0, 0.1) is 0 Å². The first-order valence-corrected chi connectivity index (χ1v) is 6.99. The molecule has 0 atom stereocenters. The molecule has 0 fully saturated rings. The molecule has 0 N–H and O–H groups in total. The lowest BCUT2D eigenvalue weighted by Crippen LogP contribution is -2.10. The highest BCUT2D eigenvalue weighted by Gasteiger charge is 2.14. The Morgan fingerprint density at radius 1 is 1.11 bits per heavy atom. The van der Waals surface area contributed by atoms with Crippen molar-refractivity contribution in [3.05, 3.63) is 45.8 Å². The maximum absolute atomic E-state index is 5.89. The highest BCUT2D eigenvalue weighted by atomic mass is 79.9. The van der Waals surface area contributed by atoms with Crippen LogP contribution in [0.4, 0.5) is 0 Å². The van der Waals surface area contributed by atoms with Crippen LogP contribution in [-0.4, -0.2) is 9.97 Å². The Hall–Kier alpha value is -1.13. The molecule has 0 spiro atoms. The third-order valence-corrected chi connectivity index (χ3v) is 3.88. The van der Waals surface area contributed by atoms with Gasteiger partial charge in [0.2, 0.25) is 5.88 Å². The maximum Gasteiger partial charge on any atom is 0.238 e. The van der Waals surface area contributed by atoms with Crippen LogP contribution in [0.3, 0.4) is 0 Å². The molecule has 0 saturated carbocycles. The van der Waals surface area contributed by atoms with E-state index in [1.807, 2.05) is 24.3 Å². The van der Waals surface area contributed by atoms with Gasteiger partial charge >= 0.3 is 0 Å². The molecule has 1 heterocycles. The summed E-state index contributed by atoms with van der Waals surface area (Å²) < 4.78 is 6.23. The molecular formula is C14H14BrClN2O. The van der Waals surface area contributed by atoms with Crippen LogP contribution in [0.25, 0.3) is 0 Å². The Bertz CT molecular complexity index is 579. The van der Waals surface area contributed by atoms with Gasteiger partial charge in [-0.25, -0.2) is 9.97 Å². The third-order valence-electron chi connectivity index (χ3n) is 2.65. The van der Waals surface area contributed by atoms with Crippen molar-refractivity contribution in [3.63, 3.8) is 0 Å². The maximum atomic E-state index is 5.89. The first kappa shape index (κ1) is 14.3. The molecule has 1 aromatic carbocycles. The van der Waals surface area contributed by atoms with Gasteiger partial charge in [-0.1, -0.05) is 44.5 Å². The minimum atomic E-state index is 0.122. The lowest BCUT2D eigenvalue weighted by atomic mass is 9.87. The van der Waals surface area contributed by atoms with Gasteiger partial charge in [0, 0.05) is 0 Å². The standard InChI is InChI=1S/C14H14BrClN2O/c1-14(2,3)9-4-6-10(7-5-9)19-13-11(15)12(16)17-8-18-13/h4-8H,1-3H3. The van der Waals surface area contributed by atoms with Crippen molar-refractivity contribution >= 4 is 27.5 Å². The highest BCUT2D eigenvalue weighted by molar-refractivity contribution is 9.10. The summed E-state index contributed by atoms with van der Waals surface area (Å²) in [4.78, 5) is 7.90. The molecule has 2 aromatic rings. The first-order valence-electron chi connectivity index (χ1n) is 5.82. The Labute approximate surface area is 126 Å². The minimum absolute atomic E-state index is 0.122. The van der Waals surface area contributed by atoms with E-state index in [0.717, 1.165) is 0 Å². The Morgan fingerprint density at radius 2 is 1.74 bits per heavy atom. The normalized spacial score (nSPS) is 11.4. The number of hydrogen-bond donors (Lipinski definition) is 0. The second-order valence-corrected chi connectivity index (χ2v) is 6.31. The minimum Gasteiger partial charge on any atom is -0.438 e. The number of hydrogen-bond acceptors (Lipinski definition) is 3. The molecule has 3 nitrogen and oxygen atoms in total. The topological polar surface area (TPSA) is 35.0 Å². The van der Waals surface area contributed by atoms with E-state index in [4.69, 9.17) is 16.3 Å². The van der Waals surface area contributed by atoms with E-state index in [-0.39, 0.29) is 5.41 Å². The zero-order valence-corrected chi connectivity index (χ0v) is 13.3. The molecular weight excluding hydrogens is 328 g/mol. The lowest BCUT2D eigenvalue weighted by Gasteiger charge is -2.19. The second-order valence-electron chi connectivity index (χ2n) is 5.16. The molecule has 0 radical (unpaired) electrons. The summed E-state index contributed by atoms with van der Waals surface area (Å²) in [6.07, 6.45) is 1.37. The summed E-state index contributed by atoms with van der Waals surface area (Å²) in [5, 5.41) is 0.330.